The summed E-state index contributed by atoms with van der Waals surface area (Å²) < 4.78 is 10.7. The van der Waals surface area contributed by atoms with E-state index in [9.17, 15) is 0 Å². The highest BCUT2D eigenvalue weighted by Gasteiger charge is 2.12. The average Bonchev–Trinajstić information content (AvgIpc) is 3.03. The fraction of sp³-hybridized carbons (Fsp3) is 0.300. The van der Waals surface area contributed by atoms with Gasteiger partial charge in [0.15, 0.2) is 0 Å². The molecule has 0 aliphatic carbocycles. The van der Waals surface area contributed by atoms with Crippen LogP contribution in [0.15, 0.2) is 48.5 Å². The summed E-state index contributed by atoms with van der Waals surface area (Å²) >= 11 is 0. The van der Waals surface area contributed by atoms with Crippen LogP contribution in [0.5, 0.6) is 11.5 Å². The van der Waals surface area contributed by atoms with Crippen molar-refractivity contribution in [3.8, 4) is 11.5 Å². The molecule has 0 amide bonds. The molecule has 23 heavy (non-hydrogen) atoms. The van der Waals surface area contributed by atoms with Crippen LogP contribution < -0.4 is 9.47 Å². The molecule has 0 saturated heterocycles. The van der Waals surface area contributed by atoms with Gasteiger partial charge in [0.1, 0.15) is 11.5 Å². The highest BCUT2D eigenvalue weighted by Crippen LogP contribution is 2.26. The molecule has 0 atom stereocenters. The number of nitrogens with zero attached hydrogens (tertiary/aromatic N) is 1. The van der Waals surface area contributed by atoms with E-state index in [1.807, 2.05) is 12.1 Å². The number of benzene rings is 2. The number of hydrogen-bond donors (Lipinski definition) is 0. The zero-order chi connectivity index (χ0) is 16.1. The summed E-state index contributed by atoms with van der Waals surface area (Å²) in [6.45, 7) is 2.68. The van der Waals surface area contributed by atoms with Crippen LogP contribution in [0.3, 0.4) is 0 Å². The van der Waals surface area contributed by atoms with E-state index >= 15 is 0 Å². The van der Waals surface area contributed by atoms with Gasteiger partial charge in [-0.25, -0.2) is 0 Å². The van der Waals surface area contributed by atoms with Crippen LogP contribution in [0.1, 0.15) is 16.7 Å². The lowest BCUT2D eigenvalue weighted by atomic mass is 10.1. The van der Waals surface area contributed by atoms with Gasteiger partial charge in [-0.15, -0.1) is 0 Å². The lowest BCUT2D eigenvalue weighted by molar-refractivity contribution is 0.356. The topological polar surface area (TPSA) is 21.7 Å². The van der Waals surface area contributed by atoms with Gasteiger partial charge in [-0.2, -0.15) is 0 Å². The van der Waals surface area contributed by atoms with Crippen molar-refractivity contribution in [3.63, 3.8) is 0 Å². The van der Waals surface area contributed by atoms with Crippen LogP contribution in [0.25, 0.3) is 6.08 Å². The fourth-order valence-corrected chi connectivity index (χ4v) is 2.80. The van der Waals surface area contributed by atoms with Crippen LogP contribution in [0, 0.1) is 0 Å². The van der Waals surface area contributed by atoms with E-state index in [-0.39, 0.29) is 0 Å². The SMILES string of the molecule is COc1ccc(/C=C/CN(C)Cc2ccc3c(c2)CCO3)cc1. The Morgan fingerprint density at radius 3 is 2.78 bits per heavy atom. The number of hydrogen-bond acceptors (Lipinski definition) is 3. The number of rotatable bonds is 6. The van der Waals surface area contributed by atoms with E-state index < -0.39 is 0 Å². The van der Waals surface area contributed by atoms with E-state index in [0.29, 0.717) is 0 Å². The van der Waals surface area contributed by atoms with E-state index in [0.717, 1.165) is 37.6 Å². The van der Waals surface area contributed by atoms with Crippen LogP contribution in [-0.2, 0) is 13.0 Å². The minimum Gasteiger partial charge on any atom is -0.497 e. The largest absolute Gasteiger partial charge is 0.497 e. The molecule has 0 bridgehead atoms. The fourth-order valence-electron chi connectivity index (χ4n) is 2.80. The van der Waals surface area contributed by atoms with Crippen LogP contribution in [0.4, 0.5) is 0 Å². The van der Waals surface area contributed by atoms with Gasteiger partial charge in [-0.05, 0) is 41.9 Å². The Balaban J connectivity index is 1.52. The molecule has 3 nitrogen and oxygen atoms in total. The van der Waals surface area contributed by atoms with Crippen molar-refractivity contribution in [2.45, 2.75) is 13.0 Å². The van der Waals surface area contributed by atoms with Gasteiger partial charge in [-0.1, -0.05) is 36.4 Å². The first kappa shape index (κ1) is 15.6. The van der Waals surface area contributed by atoms with Crippen molar-refractivity contribution in [2.24, 2.45) is 0 Å². The van der Waals surface area contributed by atoms with Crippen LogP contribution in [0.2, 0.25) is 0 Å². The summed E-state index contributed by atoms with van der Waals surface area (Å²) in [6.07, 6.45) is 5.37. The van der Waals surface area contributed by atoms with Crippen molar-refractivity contribution < 1.29 is 9.47 Å². The van der Waals surface area contributed by atoms with Gasteiger partial charge in [0.05, 0.1) is 13.7 Å². The van der Waals surface area contributed by atoms with E-state index in [2.05, 4.69) is 54.4 Å². The van der Waals surface area contributed by atoms with Gasteiger partial charge in [0, 0.05) is 19.5 Å². The van der Waals surface area contributed by atoms with Crippen molar-refractivity contribution in [1.82, 2.24) is 4.90 Å². The molecule has 0 spiro atoms. The molecule has 0 saturated carbocycles. The molecule has 0 fully saturated rings. The monoisotopic (exact) mass is 309 g/mol. The molecule has 1 aliphatic rings. The maximum atomic E-state index is 5.56. The standard InChI is InChI=1S/C20H23NO2/c1-21(12-3-4-16-5-8-19(22-2)9-6-16)15-17-7-10-20-18(14-17)11-13-23-20/h3-10,14H,11-13,15H2,1-2H3/b4-3+. The van der Waals surface area contributed by atoms with E-state index in [4.69, 9.17) is 9.47 Å². The Morgan fingerprint density at radius 1 is 1.17 bits per heavy atom. The second kappa shape index (κ2) is 7.34. The molecule has 1 aliphatic heterocycles. The maximum Gasteiger partial charge on any atom is 0.122 e. The third-order valence-electron chi connectivity index (χ3n) is 4.05. The summed E-state index contributed by atoms with van der Waals surface area (Å²) in [4.78, 5) is 2.30. The first-order valence-corrected chi connectivity index (χ1v) is 7.98. The van der Waals surface area contributed by atoms with Gasteiger partial charge >= 0.3 is 0 Å². The minimum absolute atomic E-state index is 0.819. The number of fused-ring (bicyclic) bond motifs is 1. The normalized spacial score (nSPS) is 13.3. The molecule has 2 aromatic carbocycles. The Morgan fingerprint density at radius 2 is 2.00 bits per heavy atom. The molecule has 2 aromatic rings. The number of ether oxygens (including phenoxy) is 2. The van der Waals surface area contributed by atoms with Crippen LogP contribution >= 0.6 is 0 Å². The molecule has 3 rings (SSSR count). The summed E-state index contributed by atoms with van der Waals surface area (Å²) in [7, 11) is 3.83. The smallest absolute Gasteiger partial charge is 0.122 e. The Hall–Kier alpha value is -2.26. The zero-order valence-electron chi connectivity index (χ0n) is 13.8. The van der Waals surface area contributed by atoms with Crippen molar-refractivity contribution in [2.75, 3.05) is 27.3 Å². The predicted octanol–water partition coefficient (Wildman–Crippen LogP) is 3.78. The molecule has 0 unspecified atom stereocenters. The van der Waals surface area contributed by atoms with E-state index in [1.54, 1.807) is 7.11 Å². The average molecular weight is 309 g/mol. The number of methoxy groups -OCH3 is 1. The van der Waals surface area contributed by atoms with Gasteiger partial charge < -0.3 is 9.47 Å². The summed E-state index contributed by atoms with van der Waals surface area (Å²) in [6, 6.07) is 14.6. The predicted molar refractivity (Wildman–Crippen MR) is 94.0 cm³/mol. The summed E-state index contributed by atoms with van der Waals surface area (Å²) in [5, 5.41) is 0. The Labute approximate surface area is 138 Å². The van der Waals surface area contributed by atoms with Crippen molar-refractivity contribution in [1.29, 1.82) is 0 Å². The molecule has 120 valence electrons. The van der Waals surface area contributed by atoms with Crippen molar-refractivity contribution in [3.05, 3.63) is 65.2 Å². The van der Waals surface area contributed by atoms with Crippen LogP contribution in [-0.4, -0.2) is 32.2 Å². The van der Waals surface area contributed by atoms with Gasteiger partial charge in [0.25, 0.3) is 0 Å². The molecule has 3 heteroatoms. The highest BCUT2D eigenvalue weighted by molar-refractivity contribution is 5.50. The molecule has 1 heterocycles. The van der Waals surface area contributed by atoms with E-state index in [1.165, 1.54) is 16.7 Å². The highest BCUT2D eigenvalue weighted by atomic mass is 16.5. The van der Waals surface area contributed by atoms with Gasteiger partial charge in [0.2, 0.25) is 0 Å². The van der Waals surface area contributed by atoms with Gasteiger partial charge in [-0.3, -0.25) is 4.90 Å². The third kappa shape index (κ3) is 4.14. The molecular formula is C20H23NO2. The zero-order valence-corrected chi connectivity index (χ0v) is 13.8. The second-order valence-electron chi connectivity index (χ2n) is 5.91. The quantitative estimate of drug-likeness (QED) is 0.810. The maximum absolute atomic E-state index is 5.56. The number of likely N-dealkylation sites (N-methyl/N-ethyl adjacent to an activating group) is 1. The summed E-state index contributed by atoms with van der Waals surface area (Å²) in [5.41, 5.74) is 3.87. The summed E-state index contributed by atoms with van der Waals surface area (Å²) in [5.74, 6) is 1.94. The second-order valence-corrected chi connectivity index (χ2v) is 5.91. The molecule has 0 radical (unpaired) electrons. The Bertz CT molecular complexity index is 677. The lowest BCUT2D eigenvalue weighted by Gasteiger charge is -2.15. The minimum atomic E-state index is 0.819. The third-order valence-corrected chi connectivity index (χ3v) is 4.05. The first-order chi connectivity index (χ1) is 11.2. The molecule has 0 N–H and O–H groups in total. The first-order valence-electron chi connectivity index (χ1n) is 7.98. The Kier molecular flexibility index (Phi) is 4.99. The molecular weight excluding hydrogens is 286 g/mol. The lowest BCUT2D eigenvalue weighted by Crippen LogP contribution is -2.17. The molecule has 0 aromatic heterocycles. The van der Waals surface area contributed by atoms with Crippen molar-refractivity contribution >= 4 is 6.08 Å².